The van der Waals surface area contributed by atoms with Crippen molar-refractivity contribution in [1.29, 1.82) is 0 Å². The molecule has 5 bridgehead atoms. The second-order valence-corrected chi connectivity index (χ2v) is 13.3. The first-order chi connectivity index (χ1) is 22.1. The number of likely N-dealkylation sites (tertiary alicyclic amines) is 1. The number of aliphatic hydroxyl groups excluding tert-OH is 1. The summed E-state index contributed by atoms with van der Waals surface area (Å²) in [5.41, 5.74) is -0.388. The number of β-amino-alcohol motifs (C(OH)–C–C–N with tert-alkyl or cyclic N) is 1. The van der Waals surface area contributed by atoms with Crippen LogP contribution in [0.3, 0.4) is 0 Å². The van der Waals surface area contributed by atoms with E-state index in [4.69, 9.17) is 21.1 Å². The average Bonchev–Trinajstić information content (AvgIpc) is 3.64. The van der Waals surface area contributed by atoms with Gasteiger partial charge in [-0.05, 0) is 37.1 Å². The lowest BCUT2D eigenvalue weighted by atomic mass is 9.74. The molecule has 7 atom stereocenters. The standard InChI is InChI=1S/C34H35BrClN3O7/c1-20-28(21-11-5-3-6-12-21)45-33(44)26-27-31(42)39(17-18-40)30(34(27)19-22(35)29(26)46-34)32(43)38(24-14-9-8-13-23(24)36)16-10-4-7-15-25(41)37(20)2/h3-6,8-14,19-20,26-30,40H,7,15-18H2,1-2H3/b10-4-/t20-,26+,27-,28+,29+,30+,34-/m0/s1. The molecular weight excluding hydrogens is 678 g/mol. The van der Waals surface area contributed by atoms with Gasteiger partial charge >= 0.3 is 5.97 Å². The molecule has 6 rings (SSSR count). The number of nitrogens with zero attached hydrogens (tertiary/aromatic N) is 3. The molecule has 4 aliphatic rings. The van der Waals surface area contributed by atoms with Gasteiger partial charge in [0, 0.05) is 31.0 Å². The summed E-state index contributed by atoms with van der Waals surface area (Å²) in [6.45, 7) is 1.37. The van der Waals surface area contributed by atoms with Gasteiger partial charge in [0.1, 0.15) is 29.8 Å². The molecule has 1 spiro atoms. The smallest absolute Gasteiger partial charge is 0.313 e. The van der Waals surface area contributed by atoms with Crippen LogP contribution in [0.15, 0.2) is 77.3 Å². The maximum Gasteiger partial charge on any atom is 0.313 e. The van der Waals surface area contributed by atoms with E-state index in [1.807, 2.05) is 43.3 Å². The van der Waals surface area contributed by atoms with Gasteiger partial charge in [0.15, 0.2) is 0 Å². The normalized spacial score (nSPS) is 32.5. The van der Waals surface area contributed by atoms with Crippen LogP contribution < -0.4 is 4.90 Å². The van der Waals surface area contributed by atoms with Crippen molar-refractivity contribution in [3.05, 3.63) is 87.9 Å². The molecule has 4 aliphatic heterocycles. The van der Waals surface area contributed by atoms with Crippen LogP contribution in [0.5, 0.6) is 0 Å². The van der Waals surface area contributed by atoms with Crippen molar-refractivity contribution in [2.24, 2.45) is 11.8 Å². The monoisotopic (exact) mass is 711 g/mol. The first kappa shape index (κ1) is 32.4. The number of anilines is 1. The van der Waals surface area contributed by atoms with Crippen LogP contribution in [0.4, 0.5) is 5.69 Å². The minimum atomic E-state index is -1.51. The van der Waals surface area contributed by atoms with Crippen LogP contribution in [0.25, 0.3) is 0 Å². The van der Waals surface area contributed by atoms with Gasteiger partial charge in [0.2, 0.25) is 11.8 Å². The van der Waals surface area contributed by atoms with E-state index >= 15 is 0 Å². The van der Waals surface area contributed by atoms with Crippen molar-refractivity contribution in [2.45, 2.75) is 49.7 Å². The van der Waals surface area contributed by atoms with Crippen LogP contribution in [0, 0.1) is 11.8 Å². The number of carbonyl (C=O) groups excluding carboxylic acids is 4. The number of aliphatic hydroxyl groups is 1. The van der Waals surface area contributed by atoms with Gasteiger partial charge in [-0.1, -0.05) is 82.1 Å². The molecule has 4 heterocycles. The fourth-order valence-electron chi connectivity index (χ4n) is 7.14. The molecule has 10 nitrogen and oxygen atoms in total. The number of allylic oxidation sites excluding steroid dienone is 1. The molecule has 1 N–H and O–H groups in total. The summed E-state index contributed by atoms with van der Waals surface area (Å²) >= 11 is 10.1. The fourth-order valence-corrected chi connectivity index (χ4v) is 8.12. The van der Waals surface area contributed by atoms with Gasteiger partial charge in [0.25, 0.3) is 5.91 Å². The van der Waals surface area contributed by atoms with Gasteiger partial charge in [-0.25, -0.2) is 0 Å². The minimum absolute atomic E-state index is 0.0945. The Morgan fingerprint density at radius 1 is 1.00 bits per heavy atom. The van der Waals surface area contributed by atoms with Gasteiger partial charge < -0.3 is 29.3 Å². The highest BCUT2D eigenvalue weighted by Gasteiger charge is 2.75. The Labute approximate surface area is 280 Å². The summed E-state index contributed by atoms with van der Waals surface area (Å²) in [7, 11) is 1.68. The molecule has 2 fully saturated rings. The Balaban J connectivity index is 1.48. The van der Waals surface area contributed by atoms with E-state index < -0.39 is 66.1 Å². The zero-order valence-electron chi connectivity index (χ0n) is 25.4. The largest absolute Gasteiger partial charge is 0.455 e. The summed E-state index contributed by atoms with van der Waals surface area (Å²) in [6.07, 6.45) is 4.23. The minimum Gasteiger partial charge on any atom is -0.455 e. The third kappa shape index (κ3) is 5.36. The number of cyclic esters (lactones) is 1. The van der Waals surface area contributed by atoms with E-state index in [0.717, 1.165) is 0 Å². The number of halogens is 2. The Hall–Kier alpha value is -3.51. The number of rotatable bonds is 4. The van der Waals surface area contributed by atoms with Gasteiger partial charge in [-0.3, -0.25) is 19.2 Å². The number of carbonyl (C=O) groups is 4. The highest BCUT2D eigenvalue weighted by atomic mass is 79.9. The van der Waals surface area contributed by atoms with Crippen LogP contribution in [-0.4, -0.2) is 89.1 Å². The number of fused-ring (bicyclic) bond motifs is 2. The maximum atomic E-state index is 14.7. The number of ether oxygens (including phenoxy) is 2. The Morgan fingerprint density at radius 3 is 2.43 bits per heavy atom. The third-order valence-corrected chi connectivity index (χ3v) is 10.5. The summed E-state index contributed by atoms with van der Waals surface area (Å²) in [5.74, 6) is -3.96. The van der Waals surface area contributed by atoms with Gasteiger partial charge in [-0.15, -0.1) is 0 Å². The zero-order chi connectivity index (χ0) is 32.7. The van der Waals surface area contributed by atoms with Crippen molar-refractivity contribution in [3.8, 4) is 0 Å². The van der Waals surface area contributed by atoms with Gasteiger partial charge in [0.05, 0.1) is 29.3 Å². The molecule has 0 aromatic heterocycles. The van der Waals surface area contributed by atoms with Crippen LogP contribution in [0.1, 0.15) is 31.4 Å². The zero-order valence-corrected chi connectivity index (χ0v) is 27.8. The molecule has 0 unspecified atom stereocenters. The lowest BCUT2D eigenvalue weighted by Crippen LogP contribution is -2.56. The third-order valence-electron chi connectivity index (χ3n) is 9.48. The predicted molar refractivity (Wildman–Crippen MR) is 174 cm³/mol. The van der Waals surface area contributed by atoms with E-state index in [1.54, 1.807) is 48.4 Å². The molecule has 3 amide bonds. The second-order valence-electron chi connectivity index (χ2n) is 12.0. The summed E-state index contributed by atoms with van der Waals surface area (Å²) in [6, 6.07) is 14.3. The van der Waals surface area contributed by atoms with Gasteiger partial charge in [-0.2, -0.15) is 0 Å². The number of hydrogen-bond donors (Lipinski definition) is 1. The molecular formula is C34H35BrClN3O7. The highest BCUT2D eigenvalue weighted by molar-refractivity contribution is 9.11. The lowest BCUT2D eigenvalue weighted by molar-refractivity contribution is -0.164. The second kappa shape index (κ2) is 12.9. The van der Waals surface area contributed by atoms with Crippen molar-refractivity contribution in [1.82, 2.24) is 9.80 Å². The van der Waals surface area contributed by atoms with E-state index in [1.165, 1.54) is 9.80 Å². The number of hydrogen-bond acceptors (Lipinski definition) is 7. The quantitative estimate of drug-likeness (QED) is 0.376. The number of esters is 1. The molecule has 0 radical (unpaired) electrons. The lowest BCUT2D eigenvalue weighted by Gasteiger charge is -2.36. The SMILES string of the molecule is C[C@H]1[C@H](c2ccccc2)OC(=O)[C@H]2[C@@H]3O[C@@]4(C=C3Br)[C@@H]2C(=O)N(CCO)[C@@H]4C(=O)N(c2ccccc2Cl)C/C=C\CCC(=O)N1C. The van der Waals surface area contributed by atoms with Crippen molar-refractivity contribution in [3.63, 3.8) is 0 Å². The first-order valence-corrected chi connectivity index (χ1v) is 16.5. The van der Waals surface area contributed by atoms with Crippen molar-refractivity contribution in [2.75, 3.05) is 31.6 Å². The predicted octanol–water partition coefficient (Wildman–Crippen LogP) is 4.02. The van der Waals surface area contributed by atoms with Crippen molar-refractivity contribution < 1.29 is 33.8 Å². The average molecular weight is 713 g/mol. The Morgan fingerprint density at radius 2 is 1.72 bits per heavy atom. The molecule has 2 saturated heterocycles. The van der Waals surface area contributed by atoms with E-state index in [2.05, 4.69) is 15.9 Å². The number of para-hydroxylation sites is 1. The fraction of sp³-hybridized carbons (Fsp3) is 0.412. The molecule has 242 valence electrons. The topological polar surface area (TPSA) is 117 Å². The number of amides is 3. The molecule has 0 aliphatic carbocycles. The molecule has 46 heavy (non-hydrogen) atoms. The van der Waals surface area contributed by atoms with Crippen LogP contribution in [-0.2, 0) is 28.7 Å². The summed E-state index contributed by atoms with van der Waals surface area (Å²) in [4.78, 5) is 60.9. The Bertz CT molecular complexity index is 1600. The first-order valence-electron chi connectivity index (χ1n) is 15.3. The molecule has 2 aromatic rings. The number of likely N-dealkylation sites (N-methyl/N-ethyl adjacent to an activating group) is 1. The highest BCUT2D eigenvalue weighted by Crippen LogP contribution is 2.59. The van der Waals surface area contributed by atoms with Crippen molar-refractivity contribution >= 4 is 56.9 Å². The van der Waals surface area contributed by atoms with Crippen LogP contribution >= 0.6 is 27.5 Å². The van der Waals surface area contributed by atoms with E-state index in [9.17, 15) is 24.3 Å². The molecule has 2 aromatic carbocycles. The van der Waals surface area contributed by atoms with E-state index in [-0.39, 0.29) is 25.4 Å². The number of benzene rings is 2. The Kier molecular flexibility index (Phi) is 9.13. The summed E-state index contributed by atoms with van der Waals surface area (Å²) < 4.78 is 13.3. The van der Waals surface area contributed by atoms with E-state index in [0.29, 0.717) is 27.2 Å². The molecule has 12 heteroatoms. The van der Waals surface area contributed by atoms with Crippen LogP contribution in [0.2, 0.25) is 5.02 Å². The summed E-state index contributed by atoms with van der Waals surface area (Å²) in [5, 5.41) is 10.3. The maximum absolute atomic E-state index is 14.7. The molecule has 0 saturated carbocycles.